The standard InChI is InChI=1S/C16H12N4O2/c17-16-19-12(7-13(20-16)11-2-1-5-18-8-11)10-3-4-14-15(6-10)22-9-21-14/h1-8H,9H2,(H2,17,19,20). The van der Waals surface area contributed by atoms with Crippen LogP contribution in [0.4, 0.5) is 5.95 Å². The van der Waals surface area contributed by atoms with E-state index in [1.807, 2.05) is 36.4 Å². The second kappa shape index (κ2) is 5.00. The summed E-state index contributed by atoms with van der Waals surface area (Å²) in [5, 5.41) is 0. The zero-order valence-corrected chi connectivity index (χ0v) is 11.6. The number of pyridine rings is 1. The minimum atomic E-state index is 0.217. The predicted octanol–water partition coefficient (Wildman–Crippen LogP) is 2.52. The van der Waals surface area contributed by atoms with Crippen molar-refractivity contribution in [3.8, 4) is 34.0 Å². The summed E-state index contributed by atoms with van der Waals surface area (Å²) in [7, 11) is 0. The van der Waals surface area contributed by atoms with Gasteiger partial charge in [0.2, 0.25) is 12.7 Å². The van der Waals surface area contributed by atoms with Crippen molar-refractivity contribution >= 4 is 5.95 Å². The molecule has 0 bridgehead atoms. The molecule has 0 aliphatic carbocycles. The van der Waals surface area contributed by atoms with Crippen LogP contribution in [-0.2, 0) is 0 Å². The van der Waals surface area contributed by atoms with E-state index in [4.69, 9.17) is 15.2 Å². The van der Waals surface area contributed by atoms with Gasteiger partial charge < -0.3 is 15.2 Å². The maximum absolute atomic E-state index is 5.85. The molecule has 0 fully saturated rings. The molecular weight excluding hydrogens is 280 g/mol. The lowest BCUT2D eigenvalue weighted by Crippen LogP contribution is -1.98. The van der Waals surface area contributed by atoms with E-state index in [0.29, 0.717) is 5.75 Å². The van der Waals surface area contributed by atoms with Crippen LogP contribution in [0, 0.1) is 0 Å². The monoisotopic (exact) mass is 292 g/mol. The number of benzene rings is 1. The zero-order chi connectivity index (χ0) is 14.9. The Bertz CT molecular complexity index is 837. The fourth-order valence-electron chi connectivity index (χ4n) is 2.33. The van der Waals surface area contributed by atoms with Crippen molar-refractivity contribution in [1.29, 1.82) is 0 Å². The minimum Gasteiger partial charge on any atom is -0.454 e. The molecule has 0 atom stereocenters. The SMILES string of the molecule is Nc1nc(-c2cccnc2)cc(-c2ccc3c(c2)OCO3)n1. The molecule has 1 aliphatic heterocycles. The van der Waals surface area contributed by atoms with Crippen molar-refractivity contribution in [3.63, 3.8) is 0 Å². The van der Waals surface area contributed by atoms with Crippen LogP contribution in [0.3, 0.4) is 0 Å². The number of ether oxygens (including phenoxy) is 2. The average Bonchev–Trinajstić information content (AvgIpc) is 3.02. The van der Waals surface area contributed by atoms with Gasteiger partial charge in [0.05, 0.1) is 11.4 Å². The molecule has 3 heterocycles. The molecular formula is C16H12N4O2. The van der Waals surface area contributed by atoms with Gasteiger partial charge in [0, 0.05) is 23.5 Å². The summed E-state index contributed by atoms with van der Waals surface area (Å²) in [6.07, 6.45) is 3.46. The molecule has 0 saturated carbocycles. The number of hydrogen-bond donors (Lipinski definition) is 1. The van der Waals surface area contributed by atoms with Crippen LogP contribution in [0.15, 0.2) is 48.8 Å². The van der Waals surface area contributed by atoms with E-state index in [9.17, 15) is 0 Å². The van der Waals surface area contributed by atoms with Gasteiger partial charge in [-0.05, 0) is 36.4 Å². The summed E-state index contributed by atoms with van der Waals surface area (Å²) in [6.45, 7) is 0.242. The Morgan fingerprint density at radius 2 is 1.73 bits per heavy atom. The summed E-state index contributed by atoms with van der Waals surface area (Å²) in [5.74, 6) is 1.66. The first-order valence-electron chi connectivity index (χ1n) is 6.74. The van der Waals surface area contributed by atoms with Crippen molar-refractivity contribution in [1.82, 2.24) is 15.0 Å². The summed E-state index contributed by atoms with van der Waals surface area (Å²) in [4.78, 5) is 12.7. The molecule has 0 saturated heterocycles. The van der Waals surface area contributed by atoms with Crippen molar-refractivity contribution in [2.45, 2.75) is 0 Å². The van der Waals surface area contributed by atoms with Crippen LogP contribution in [-0.4, -0.2) is 21.7 Å². The number of anilines is 1. The molecule has 2 aromatic heterocycles. The molecule has 0 unspecified atom stereocenters. The molecule has 22 heavy (non-hydrogen) atoms. The van der Waals surface area contributed by atoms with Crippen LogP contribution >= 0.6 is 0 Å². The van der Waals surface area contributed by atoms with Crippen LogP contribution in [0.25, 0.3) is 22.5 Å². The van der Waals surface area contributed by atoms with E-state index in [1.165, 1.54) is 0 Å². The number of nitrogens with zero attached hydrogens (tertiary/aromatic N) is 3. The Hall–Kier alpha value is -3.15. The highest BCUT2D eigenvalue weighted by Gasteiger charge is 2.15. The Labute approximate surface area is 126 Å². The second-order valence-corrected chi connectivity index (χ2v) is 4.81. The smallest absolute Gasteiger partial charge is 0.231 e. The van der Waals surface area contributed by atoms with Crippen LogP contribution in [0.2, 0.25) is 0 Å². The summed E-state index contributed by atoms with van der Waals surface area (Å²) in [6, 6.07) is 11.3. The van der Waals surface area contributed by atoms with Crippen LogP contribution in [0.5, 0.6) is 11.5 Å². The van der Waals surface area contributed by atoms with E-state index >= 15 is 0 Å². The van der Waals surface area contributed by atoms with E-state index in [1.54, 1.807) is 12.4 Å². The number of aromatic nitrogens is 3. The van der Waals surface area contributed by atoms with Crippen LogP contribution in [0.1, 0.15) is 0 Å². The highest BCUT2D eigenvalue weighted by atomic mass is 16.7. The maximum Gasteiger partial charge on any atom is 0.231 e. The Morgan fingerprint density at radius 3 is 2.55 bits per heavy atom. The molecule has 6 nitrogen and oxygen atoms in total. The molecule has 4 rings (SSSR count). The molecule has 0 spiro atoms. The normalized spacial score (nSPS) is 12.4. The van der Waals surface area contributed by atoms with Gasteiger partial charge in [-0.1, -0.05) is 0 Å². The summed E-state index contributed by atoms with van der Waals surface area (Å²) in [5.41, 5.74) is 9.08. The topological polar surface area (TPSA) is 83.2 Å². The third kappa shape index (κ3) is 2.20. The van der Waals surface area contributed by atoms with E-state index in [-0.39, 0.29) is 12.7 Å². The number of nitrogen functional groups attached to an aromatic ring is 1. The lowest BCUT2D eigenvalue weighted by molar-refractivity contribution is 0.174. The Balaban J connectivity index is 1.81. The quantitative estimate of drug-likeness (QED) is 0.781. The van der Waals surface area contributed by atoms with Crippen molar-refractivity contribution in [2.24, 2.45) is 0 Å². The molecule has 6 heteroatoms. The van der Waals surface area contributed by atoms with Gasteiger partial charge in [-0.15, -0.1) is 0 Å². The highest BCUT2D eigenvalue weighted by molar-refractivity contribution is 5.70. The molecule has 2 N–H and O–H groups in total. The van der Waals surface area contributed by atoms with Gasteiger partial charge in [0.1, 0.15) is 0 Å². The van der Waals surface area contributed by atoms with Gasteiger partial charge in [0.25, 0.3) is 0 Å². The van der Waals surface area contributed by atoms with Gasteiger partial charge in [-0.25, -0.2) is 9.97 Å². The van der Waals surface area contributed by atoms with Crippen molar-refractivity contribution in [3.05, 3.63) is 48.8 Å². The zero-order valence-electron chi connectivity index (χ0n) is 11.6. The first-order chi connectivity index (χ1) is 10.8. The third-order valence-electron chi connectivity index (χ3n) is 3.37. The highest BCUT2D eigenvalue weighted by Crippen LogP contribution is 2.36. The molecule has 1 aliphatic rings. The number of fused-ring (bicyclic) bond motifs is 1. The molecule has 0 amide bonds. The van der Waals surface area contributed by atoms with Gasteiger partial charge in [0.15, 0.2) is 11.5 Å². The molecule has 108 valence electrons. The number of rotatable bonds is 2. The Morgan fingerprint density at radius 1 is 0.909 bits per heavy atom. The summed E-state index contributed by atoms with van der Waals surface area (Å²) < 4.78 is 10.7. The average molecular weight is 292 g/mol. The minimum absolute atomic E-state index is 0.217. The van der Waals surface area contributed by atoms with Gasteiger partial charge in [-0.2, -0.15) is 0 Å². The summed E-state index contributed by atoms with van der Waals surface area (Å²) >= 11 is 0. The number of nitrogens with two attached hydrogens (primary N) is 1. The van der Waals surface area contributed by atoms with Gasteiger partial charge >= 0.3 is 0 Å². The van der Waals surface area contributed by atoms with Gasteiger partial charge in [-0.3, -0.25) is 4.98 Å². The maximum atomic E-state index is 5.85. The van der Waals surface area contributed by atoms with Crippen LogP contribution < -0.4 is 15.2 Å². The lowest BCUT2D eigenvalue weighted by atomic mass is 10.1. The first-order valence-corrected chi connectivity index (χ1v) is 6.74. The van der Waals surface area contributed by atoms with E-state index < -0.39 is 0 Å². The van der Waals surface area contributed by atoms with E-state index in [0.717, 1.165) is 28.3 Å². The lowest BCUT2D eigenvalue weighted by Gasteiger charge is -2.07. The first kappa shape index (κ1) is 12.6. The van der Waals surface area contributed by atoms with E-state index in [2.05, 4.69) is 15.0 Å². The molecule has 1 aromatic carbocycles. The predicted molar refractivity (Wildman–Crippen MR) is 81.2 cm³/mol. The van der Waals surface area contributed by atoms with Crippen molar-refractivity contribution in [2.75, 3.05) is 12.5 Å². The largest absolute Gasteiger partial charge is 0.454 e. The molecule has 3 aromatic rings. The molecule has 0 radical (unpaired) electrons. The van der Waals surface area contributed by atoms with Crippen molar-refractivity contribution < 1.29 is 9.47 Å². The fraction of sp³-hybridized carbons (Fsp3) is 0.0625. The second-order valence-electron chi connectivity index (χ2n) is 4.81. The third-order valence-corrected chi connectivity index (χ3v) is 3.37. The Kier molecular flexibility index (Phi) is 2.86. The fourth-order valence-corrected chi connectivity index (χ4v) is 2.33. The number of hydrogen-bond acceptors (Lipinski definition) is 6.